The third-order valence-electron chi connectivity index (χ3n) is 3.09. The Hall–Kier alpha value is -2.24. The molecule has 0 aliphatic carbocycles. The summed E-state index contributed by atoms with van der Waals surface area (Å²) in [5.41, 5.74) is 7.43. The molecular weight excluding hydrogens is 256 g/mol. The van der Waals surface area contributed by atoms with Gasteiger partial charge in [-0.1, -0.05) is 0 Å². The SMILES string of the molecule is CCN(CC)C(=O)CNc1cc(C(=O)NC)ccc1N. The summed E-state index contributed by atoms with van der Waals surface area (Å²) in [6.45, 7) is 5.36. The van der Waals surface area contributed by atoms with Crippen LogP contribution < -0.4 is 16.4 Å². The number of likely N-dealkylation sites (N-methyl/N-ethyl adjacent to an activating group) is 1. The van der Waals surface area contributed by atoms with Gasteiger partial charge in [0.1, 0.15) is 0 Å². The molecule has 0 fully saturated rings. The molecule has 0 spiro atoms. The largest absolute Gasteiger partial charge is 0.397 e. The lowest BCUT2D eigenvalue weighted by Crippen LogP contribution is -2.35. The number of hydrogen-bond donors (Lipinski definition) is 3. The minimum atomic E-state index is -0.192. The Morgan fingerprint density at radius 1 is 1.25 bits per heavy atom. The Kier molecular flexibility index (Phi) is 5.83. The molecule has 6 nitrogen and oxygen atoms in total. The zero-order valence-electron chi connectivity index (χ0n) is 12.2. The molecule has 110 valence electrons. The number of nitrogens with one attached hydrogen (secondary N) is 2. The minimum absolute atomic E-state index is 0.000235. The molecule has 4 N–H and O–H groups in total. The van der Waals surface area contributed by atoms with E-state index in [-0.39, 0.29) is 18.4 Å². The van der Waals surface area contributed by atoms with Crippen molar-refractivity contribution in [3.8, 4) is 0 Å². The molecule has 0 unspecified atom stereocenters. The Morgan fingerprint density at radius 3 is 2.45 bits per heavy atom. The predicted molar refractivity (Wildman–Crippen MR) is 80.7 cm³/mol. The summed E-state index contributed by atoms with van der Waals surface area (Å²) < 4.78 is 0. The van der Waals surface area contributed by atoms with Crippen LogP contribution in [0, 0.1) is 0 Å². The topological polar surface area (TPSA) is 87.5 Å². The van der Waals surface area contributed by atoms with Gasteiger partial charge in [-0.2, -0.15) is 0 Å². The number of nitrogens with zero attached hydrogens (tertiary/aromatic N) is 1. The quantitative estimate of drug-likeness (QED) is 0.675. The van der Waals surface area contributed by atoms with Gasteiger partial charge in [0.05, 0.1) is 17.9 Å². The molecule has 20 heavy (non-hydrogen) atoms. The van der Waals surface area contributed by atoms with Gasteiger partial charge in [-0.15, -0.1) is 0 Å². The van der Waals surface area contributed by atoms with Gasteiger partial charge in [0, 0.05) is 25.7 Å². The van der Waals surface area contributed by atoms with Crippen LogP contribution in [-0.4, -0.2) is 43.4 Å². The van der Waals surface area contributed by atoms with Gasteiger partial charge in [-0.3, -0.25) is 9.59 Å². The van der Waals surface area contributed by atoms with Crippen LogP contribution in [0.25, 0.3) is 0 Å². The van der Waals surface area contributed by atoms with Crippen molar-refractivity contribution >= 4 is 23.2 Å². The van der Waals surface area contributed by atoms with Gasteiger partial charge in [0.25, 0.3) is 5.91 Å². The van der Waals surface area contributed by atoms with Gasteiger partial charge in [-0.05, 0) is 32.0 Å². The van der Waals surface area contributed by atoms with E-state index >= 15 is 0 Å². The van der Waals surface area contributed by atoms with Gasteiger partial charge >= 0.3 is 0 Å². The third-order valence-corrected chi connectivity index (χ3v) is 3.09. The van der Waals surface area contributed by atoms with Gasteiger partial charge < -0.3 is 21.3 Å². The molecule has 1 aromatic carbocycles. The molecule has 0 radical (unpaired) electrons. The number of benzene rings is 1. The van der Waals surface area contributed by atoms with Crippen molar-refractivity contribution in [2.24, 2.45) is 0 Å². The highest BCUT2D eigenvalue weighted by Gasteiger charge is 2.11. The second-order valence-corrected chi connectivity index (χ2v) is 4.30. The Balaban J connectivity index is 2.77. The molecule has 0 aromatic heterocycles. The van der Waals surface area contributed by atoms with E-state index in [9.17, 15) is 9.59 Å². The first-order valence-corrected chi connectivity index (χ1v) is 6.66. The van der Waals surface area contributed by atoms with Crippen LogP contribution in [0.4, 0.5) is 11.4 Å². The van der Waals surface area contributed by atoms with Crippen molar-refractivity contribution in [1.82, 2.24) is 10.2 Å². The highest BCUT2D eigenvalue weighted by molar-refractivity contribution is 5.96. The second-order valence-electron chi connectivity index (χ2n) is 4.30. The first-order chi connectivity index (χ1) is 9.53. The molecule has 1 aromatic rings. The zero-order chi connectivity index (χ0) is 15.1. The molecule has 0 heterocycles. The van der Waals surface area contributed by atoms with E-state index in [0.29, 0.717) is 30.0 Å². The van der Waals surface area contributed by atoms with Crippen molar-refractivity contribution in [2.75, 3.05) is 37.7 Å². The van der Waals surface area contributed by atoms with E-state index < -0.39 is 0 Å². The molecule has 0 aliphatic heterocycles. The molecule has 0 bridgehead atoms. The average molecular weight is 278 g/mol. The fourth-order valence-electron chi connectivity index (χ4n) is 1.85. The Labute approximate surface area is 119 Å². The van der Waals surface area contributed by atoms with Crippen molar-refractivity contribution in [3.05, 3.63) is 23.8 Å². The summed E-state index contributed by atoms with van der Waals surface area (Å²) in [5.74, 6) is -0.192. The van der Waals surface area contributed by atoms with Gasteiger partial charge in [0.15, 0.2) is 0 Å². The summed E-state index contributed by atoms with van der Waals surface area (Å²) in [6, 6.07) is 4.93. The van der Waals surface area contributed by atoms with Crippen LogP contribution in [0.2, 0.25) is 0 Å². The summed E-state index contributed by atoms with van der Waals surface area (Å²) in [6.07, 6.45) is 0. The Morgan fingerprint density at radius 2 is 1.90 bits per heavy atom. The summed E-state index contributed by atoms with van der Waals surface area (Å²) in [5, 5.41) is 5.53. The fraction of sp³-hybridized carbons (Fsp3) is 0.429. The van der Waals surface area contributed by atoms with E-state index in [1.807, 2.05) is 13.8 Å². The number of nitrogens with two attached hydrogens (primary N) is 1. The van der Waals surface area contributed by atoms with Crippen LogP contribution in [0.3, 0.4) is 0 Å². The number of carbonyl (C=O) groups excluding carboxylic acids is 2. The number of hydrogen-bond acceptors (Lipinski definition) is 4. The maximum atomic E-state index is 11.9. The minimum Gasteiger partial charge on any atom is -0.397 e. The second kappa shape index (κ2) is 7.37. The van der Waals surface area contributed by atoms with Crippen LogP contribution in [-0.2, 0) is 4.79 Å². The standard InChI is InChI=1S/C14H22N4O2/c1-4-18(5-2)13(19)9-17-12-8-10(14(20)16-3)6-7-11(12)15/h6-8,17H,4-5,9,15H2,1-3H3,(H,16,20). The maximum Gasteiger partial charge on any atom is 0.251 e. The number of carbonyl (C=O) groups is 2. The lowest BCUT2D eigenvalue weighted by Gasteiger charge is -2.19. The molecule has 0 aliphatic rings. The van der Waals surface area contributed by atoms with Gasteiger partial charge in [0.2, 0.25) is 5.91 Å². The molecule has 2 amide bonds. The van der Waals surface area contributed by atoms with Crippen molar-refractivity contribution in [2.45, 2.75) is 13.8 Å². The van der Waals surface area contributed by atoms with Crippen LogP contribution >= 0.6 is 0 Å². The normalized spacial score (nSPS) is 9.95. The van der Waals surface area contributed by atoms with Crippen molar-refractivity contribution in [3.63, 3.8) is 0 Å². The molecule has 0 saturated heterocycles. The number of amides is 2. The van der Waals surface area contributed by atoms with E-state index in [2.05, 4.69) is 10.6 Å². The third kappa shape index (κ3) is 3.88. The predicted octanol–water partition coefficient (Wildman–Crippen LogP) is 0.909. The average Bonchev–Trinajstić information content (AvgIpc) is 2.46. The van der Waals surface area contributed by atoms with E-state index in [1.165, 1.54) is 0 Å². The summed E-state index contributed by atoms with van der Waals surface area (Å²) in [4.78, 5) is 25.2. The first-order valence-electron chi connectivity index (χ1n) is 6.66. The molecule has 0 saturated carbocycles. The lowest BCUT2D eigenvalue weighted by molar-refractivity contribution is -0.128. The van der Waals surface area contributed by atoms with E-state index in [0.717, 1.165) is 0 Å². The highest BCUT2D eigenvalue weighted by atomic mass is 16.2. The number of anilines is 2. The zero-order valence-corrected chi connectivity index (χ0v) is 12.2. The monoisotopic (exact) mass is 278 g/mol. The highest BCUT2D eigenvalue weighted by Crippen LogP contribution is 2.19. The molecular formula is C14H22N4O2. The Bertz CT molecular complexity index is 484. The molecule has 6 heteroatoms. The first kappa shape index (κ1) is 15.8. The lowest BCUT2D eigenvalue weighted by atomic mass is 10.1. The van der Waals surface area contributed by atoms with Crippen LogP contribution in [0.15, 0.2) is 18.2 Å². The van der Waals surface area contributed by atoms with Crippen molar-refractivity contribution < 1.29 is 9.59 Å². The smallest absolute Gasteiger partial charge is 0.251 e. The summed E-state index contributed by atoms with van der Waals surface area (Å²) in [7, 11) is 1.57. The van der Waals surface area contributed by atoms with Crippen molar-refractivity contribution in [1.29, 1.82) is 0 Å². The molecule has 1 rings (SSSR count). The van der Waals surface area contributed by atoms with Crippen LogP contribution in [0.1, 0.15) is 24.2 Å². The van der Waals surface area contributed by atoms with Gasteiger partial charge in [-0.25, -0.2) is 0 Å². The summed E-state index contributed by atoms with van der Waals surface area (Å²) >= 11 is 0. The fourth-order valence-corrected chi connectivity index (χ4v) is 1.85. The maximum absolute atomic E-state index is 11.9. The van der Waals surface area contributed by atoms with E-state index in [4.69, 9.17) is 5.73 Å². The molecule has 0 atom stereocenters. The number of nitrogen functional groups attached to an aromatic ring is 1. The number of rotatable bonds is 6. The van der Waals surface area contributed by atoms with Crippen LogP contribution in [0.5, 0.6) is 0 Å². The van der Waals surface area contributed by atoms with E-state index in [1.54, 1.807) is 30.1 Å².